The number of rotatable bonds is 6. The fourth-order valence-corrected chi connectivity index (χ4v) is 4.85. The molecule has 2 N–H and O–H groups in total. The number of H-pyrrole nitrogens is 1. The molecule has 9 heteroatoms. The number of aliphatic carboxylic acids is 1. The summed E-state index contributed by atoms with van der Waals surface area (Å²) in [5, 5.41) is 24.8. The maximum atomic E-state index is 12.6. The maximum Gasteiger partial charge on any atom is 0.337 e. The zero-order valence-electron chi connectivity index (χ0n) is 22.2. The Kier molecular flexibility index (Phi) is 6.88. The predicted octanol–water partition coefficient (Wildman–Crippen LogP) is 5.11. The predicted molar refractivity (Wildman–Crippen MR) is 139 cm³/mol. The fraction of sp³-hybridized carbons (Fsp3) is 0.519. The number of hydrogen-bond acceptors (Lipinski definition) is 7. The molecule has 0 amide bonds. The standard InChI is InChI=1S/C27H36N6O3/c1-16-20(18-9-8-10-19(15-18)24-29-31-32-30-24)22(33-13-11-27(6,7)12-14-33)21(17(2)28-16)23(25(34)35)36-26(3,4)5/h8-10,15,23H,11-14H2,1-7H3,(H,34,35)(H,29,30,31,32). The quantitative estimate of drug-likeness (QED) is 0.487. The number of carbonyl (C=O) groups is 1. The van der Waals surface area contributed by atoms with E-state index in [1.54, 1.807) is 0 Å². The van der Waals surface area contributed by atoms with E-state index in [2.05, 4.69) is 39.4 Å². The van der Waals surface area contributed by atoms with Crippen molar-refractivity contribution in [3.05, 3.63) is 41.2 Å². The average molecular weight is 493 g/mol. The third kappa shape index (κ3) is 5.41. The highest BCUT2D eigenvalue weighted by Gasteiger charge is 2.36. The minimum atomic E-state index is -1.15. The van der Waals surface area contributed by atoms with Crippen LogP contribution in [0.25, 0.3) is 22.5 Å². The number of hydrogen-bond donors (Lipinski definition) is 2. The van der Waals surface area contributed by atoms with Gasteiger partial charge in [-0.25, -0.2) is 4.79 Å². The van der Waals surface area contributed by atoms with Gasteiger partial charge in [-0.1, -0.05) is 32.0 Å². The molecule has 0 spiro atoms. The van der Waals surface area contributed by atoms with E-state index in [9.17, 15) is 9.90 Å². The number of pyridine rings is 1. The van der Waals surface area contributed by atoms with Crippen LogP contribution in [-0.2, 0) is 9.53 Å². The maximum absolute atomic E-state index is 12.6. The summed E-state index contributed by atoms with van der Waals surface area (Å²) in [6, 6.07) is 7.90. The van der Waals surface area contributed by atoms with Crippen molar-refractivity contribution < 1.29 is 14.6 Å². The Hall–Kier alpha value is -3.33. The number of ether oxygens (including phenoxy) is 1. The molecule has 4 rings (SSSR count). The Bertz CT molecular complexity index is 1240. The number of aryl methyl sites for hydroxylation is 2. The van der Waals surface area contributed by atoms with Crippen molar-refractivity contribution in [3.8, 4) is 22.5 Å². The topological polar surface area (TPSA) is 117 Å². The molecule has 192 valence electrons. The van der Waals surface area contributed by atoms with Crippen LogP contribution in [0.4, 0.5) is 5.69 Å². The van der Waals surface area contributed by atoms with Gasteiger partial charge < -0.3 is 14.7 Å². The Labute approximate surface area is 212 Å². The number of carboxylic acid groups (broad SMARTS) is 1. The van der Waals surface area contributed by atoms with E-state index in [0.717, 1.165) is 54.0 Å². The Morgan fingerprint density at radius 2 is 1.81 bits per heavy atom. The molecule has 0 radical (unpaired) electrons. The first-order valence-corrected chi connectivity index (χ1v) is 12.4. The summed E-state index contributed by atoms with van der Waals surface area (Å²) < 4.78 is 6.15. The van der Waals surface area contributed by atoms with Gasteiger partial charge in [0.25, 0.3) is 0 Å². The third-order valence-corrected chi connectivity index (χ3v) is 6.72. The van der Waals surface area contributed by atoms with Crippen LogP contribution in [0.2, 0.25) is 0 Å². The first kappa shape index (κ1) is 25.8. The summed E-state index contributed by atoms with van der Waals surface area (Å²) in [5.74, 6) is -0.528. The summed E-state index contributed by atoms with van der Waals surface area (Å²) in [7, 11) is 0. The Balaban J connectivity index is 1.97. The minimum Gasteiger partial charge on any atom is -0.479 e. The molecule has 1 unspecified atom stereocenters. The Morgan fingerprint density at radius 1 is 1.14 bits per heavy atom. The summed E-state index contributed by atoms with van der Waals surface area (Å²) in [5.41, 5.74) is 5.23. The van der Waals surface area contributed by atoms with Gasteiger partial charge in [0.15, 0.2) is 6.10 Å². The van der Waals surface area contributed by atoms with Crippen LogP contribution in [0.3, 0.4) is 0 Å². The van der Waals surface area contributed by atoms with Gasteiger partial charge in [-0.2, -0.15) is 5.21 Å². The first-order chi connectivity index (χ1) is 16.9. The molecule has 1 aromatic carbocycles. The van der Waals surface area contributed by atoms with Crippen molar-refractivity contribution in [3.63, 3.8) is 0 Å². The minimum absolute atomic E-state index is 0.237. The lowest BCUT2D eigenvalue weighted by Gasteiger charge is -2.41. The van der Waals surface area contributed by atoms with Crippen molar-refractivity contribution in [2.24, 2.45) is 5.41 Å². The van der Waals surface area contributed by atoms with Gasteiger partial charge in [0.05, 0.1) is 11.3 Å². The summed E-state index contributed by atoms with van der Waals surface area (Å²) in [4.78, 5) is 19.8. The van der Waals surface area contributed by atoms with Crippen LogP contribution in [0.15, 0.2) is 24.3 Å². The van der Waals surface area contributed by atoms with E-state index in [-0.39, 0.29) is 5.41 Å². The lowest BCUT2D eigenvalue weighted by atomic mass is 9.81. The first-order valence-electron chi connectivity index (χ1n) is 12.4. The van der Waals surface area contributed by atoms with E-state index in [1.165, 1.54) is 0 Å². The van der Waals surface area contributed by atoms with Crippen LogP contribution in [0.1, 0.15) is 70.5 Å². The van der Waals surface area contributed by atoms with Gasteiger partial charge in [-0.15, -0.1) is 10.2 Å². The number of nitrogens with zero attached hydrogens (tertiary/aromatic N) is 5. The number of aromatic amines is 1. The molecule has 3 heterocycles. The summed E-state index contributed by atoms with van der Waals surface area (Å²) in [6.07, 6.45) is 0.863. The highest BCUT2D eigenvalue weighted by atomic mass is 16.5. The number of tetrazole rings is 1. The second kappa shape index (κ2) is 9.61. The smallest absolute Gasteiger partial charge is 0.337 e. The van der Waals surface area contributed by atoms with Gasteiger partial charge in [0.2, 0.25) is 5.82 Å². The van der Waals surface area contributed by atoms with Crippen molar-refractivity contribution in [2.45, 2.75) is 73.0 Å². The van der Waals surface area contributed by atoms with E-state index < -0.39 is 17.7 Å². The van der Waals surface area contributed by atoms with E-state index in [4.69, 9.17) is 9.72 Å². The van der Waals surface area contributed by atoms with Gasteiger partial charge in [0.1, 0.15) is 0 Å². The van der Waals surface area contributed by atoms with E-state index >= 15 is 0 Å². The van der Waals surface area contributed by atoms with Crippen molar-refractivity contribution in [1.29, 1.82) is 0 Å². The van der Waals surface area contributed by atoms with Crippen molar-refractivity contribution in [2.75, 3.05) is 18.0 Å². The lowest BCUT2D eigenvalue weighted by Crippen LogP contribution is -2.39. The molecule has 0 saturated carbocycles. The molecular weight excluding hydrogens is 456 g/mol. The molecule has 1 saturated heterocycles. The molecule has 1 aliphatic rings. The van der Waals surface area contributed by atoms with E-state index in [1.807, 2.05) is 58.9 Å². The molecule has 36 heavy (non-hydrogen) atoms. The fourth-order valence-electron chi connectivity index (χ4n) is 4.85. The van der Waals surface area contributed by atoms with Crippen LogP contribution in [0.5, 0.6) is 0 Å². The van der Waals surface area contributed by atoms with Gasteiger partial charge in [0, 0.05) is 41.2 Å². The SMILES string of the molecule is Cc1nc(C)c(C(OC(C)(C)C)C(=O)O)c(N2CCC(C)(C)CC2)c1-c1cccc(-c2nn[nH]n2)c1. The van der Waals surface area contributed by atoms with Crippen LogP contribution in [0, 0.1) is 19.3 Å². The van der Waals surface area contributed by atoms with Crippen molar-refractivity contribution >= 4 is 11.7 Å². The molecule has 1 atom stereocenters. The lowest BCUT2D eigenvalue weighted by molar-refractivity contribution is -0.160. The van der Waals surface area contributed by atoms with Crippen LogP contribution >= 0.6 is 0 Å². The van der Waals surface area contributed by atoms with Gasteiger partial charge in [-0.3, -0.25) is 4.98 Å². The summed E-state index contributed by atoms with van der Waals surface area (Å²) >= 11 is 0. The molecule has 0 aliphatic carbocycles. The number of nitrogens with one attached hydrogen (secondary N) is 1. The molecule has 9 nitrogen and oxygen atoms in total. The van der Waals surface area contributed by atoms with Gasteiger partial charge in [-0.05, 0) is 69.7 Å². The molecule has 0 bridgehead atoms. The normalized spacial score (nSPS) is 16.7. The van der Waals surface area contributed by atoms with Crippen LogP contribution in [-0.4, -0.2) is 55.4 Å². The molecule has 1 aliphatic heterocycles. The molecule has 2 aromatic heterocycles. The number of carboxylic acids is 1. The average Bonchev–Trinajstić information content (AvgIpc) is 3.32. The molecular formula is C27H36N6O3. The number of anilines is 1. The number of piperidine rings is 1. The monoisotopic (exact) mass is 492 g/mol. The molecule has 1 fully saturated rings. The second-order valence-corrected chi connectivity index (χ2v) is 11.3. The van der Waals surface area contributed by atoms with Crippen molar-refractivity contribution in [1.82, 2.24) is 25.6 Å². The largest absolute Gasteiger partial charge is 0.479 e. The highest BCUT2D eigenvalue weighted by Crippen LogP contribution is 2.45. The molecule has 3 aromatic rings. The highest BCUT2D eigenvalue weighted by molar-refractivity contribution is 5.88. The number of aromatic nitrogens is 5. The zero-order valence-corrected chi connectivity index (χ0v) is 22.2. The Morgan fingerprint density at radius 3 is 2.39 bits per heavy atom. The van der Waals surface area contributed by atoms with Crippen LogP contribution < -0.4 is 4.90 Å². The summed E-state index contributed by atoms with van der Waals surface area (Å²) in [6.45, 7) is 15.7. The third-order valence-electron chi connectivity index (χ3n) is 6.72. The zero-order chi connectivity index (χ0) is 26.3. The second-order valence-electron chi connectivity index (χ2n) is 11.3. The van der Waals surface area contributed by atoms with E-state index in [0.29, 0.717) is 17.1 Å². The number of benzene rings is 1. The van der Waals surface area contributed by atoms with Gasteiger partial charge >= 0.3 is 5.97 Å².